The van der Waals surface area contributed by atoms with Gasteiger partial charge in [0.15, 0.2) is 0 Å². The van der Waals surface area contributed by atoms with E-state index in [0.717, 1.165) is 11.1 Å². The van der Waals surface area contributed by atoms with Gasteiger partial charge in [-0.3, -0.25) is 4.79 Å². The first-order valence-electron chi connectivity index (χ1n) is 8.35. The highest BCUT2D eigenvalue weighted by Gasteiger charge is 2.12. The van der Waals surface area contributed by atoms with Gasteiger partial charge < -0.3 is 4.90 Å². The Labute approximate surface area is 145 Å². The van der Waals surface area contributed by atoms with Gasteiger partial charge in [-0.2, -0.15) is 0 Å². The summed E-state index contributed by atoms with van der Waals surface area (Å²) in [5, 5.41) is 0. The number of amides is 1. The first-order valence-corrected chi connectivity index (χ1v) is 8.35. The number of aryl methyl sites for hydroxylation is 1. The van der Waals surface area contributed by atoms with Gasteiger partial charge in [-0.05, 0) is 35.1 Å². The summed E-state index contributed by atoms with van der Waals surface area (Å²) in [4.78, 5) is 14.0. The Hall–Kier alpha value is -2.35. The fourth-order valence-electron chi connectivity index (χ4n) is 2.43. The molecule has 2 aromatic rings. The minimum absolute atomic E-state index is 0.00970. The third-order valence-electron chi connectivity index (χ3n) is 4.11. The van der Waals surface area contributed by atoms with Crippen LogP contribution in [0.15, 0.2) is 54.6 Å². The minimum Gasteiger partial charge on any atom is -0.338 e. The molecule has 0 saturated heterocycles. The van der Waals surface area contributed by atoms with Crippen molar-refractivity contribution in [2.24, 2.45) is 0 Å². The van der Waals surface area contributed by atoms with E-state index in [-0.39, 0.29) is 11.3 Å². The minimum atomic E-state index is 0.00970. The lowest BCUT2D eigenvalue weighted by Gasteiger charge is -2.18. The number of benzene rings is 2. The summed E-state index contributed by atoms with van der Waals surface area (Å²) in [6.07, 6.45) is 3.51. The van der Waals surface area contributed by atoms with Crippen LogP contribution in [0.4, 0.5) is 0 Å². The first-order chi connectivity index (χ1) is 11.3. The van der Waals surface area contributed by atoms with Gasteiger partial charge in [0.25, 0.3) is 0 Å². The molecule has 0 aliphatic rings. The van der Waals surface area contributed by atoms with Gasteiger partial charge >= 0.3 is 0 Å². The van der Waals surface area contributed by atoms with E-state index in [4.69, 9.17) is 0 Å². The van der Waals surface area contributed by atoms with Crippen molar-refractivity contribution in [3.8, 4) is 0 Å². The van der Waals surface area contributed by atoms with Crippen LogP contribution < -0.4 is 0 Å². The molecule has 2 aromatic carbocycles. The number of nitrogens with zero attached hydrogens (tertiary/aromatic N) is 1. The van der Waals surface area contributed by atoms with E-state index in [1.807, 2.05) is 13.1 Å². The number of rotatable bonds is 4. The highest BCUT2D eigenvalue weighted by atomic mass is 16.2. The lowest BCUT2D eigenvalue weighted by Crippen LogP contribution is -2.24. The highest BCUT2D eigenvalue weighted by Crippen LogP contribution is 2.22. The van der Waals surface area contributed by atoms with E-state index in [0.29, 0.717) is 6.54 Å². The van der Waals surface area contributed by atoms with Crippen molar-refractivity contribution >= 4 is 12.0 Å². The number of hydrogen-bond acceptors (Lipinski definition) is 1. The van der Waals surface area contributed by atoms with Crippen LogP contribution in [0.1, 0.15) is 43.0 Å². The van der Waals surface area contributed by atoms with Crippen molar-refractivity contribution in [3.63, 3.8) is 0 Å². The molecule has 0 aromatic heterocycles. The smallest absolute Gasteiger partial charge is 0.246 e. The molecule has 126 valence electrons. The molecule has 0 spiro atoms. The van der Waals surface area contributed by atoms with Gasteiger partial charge in [-0.25, -0.2) is 0 Å². The molecule has 0 aliphatic heterocycles. The van der Waals surface area contributed by atoms with E-state index >= 15 is 0 Å². The van der Waals surface area contributed by atoms with E-state index < -0.39 is 0 Å². The van der Waals surface area contributed by atoms with Gasteiger partial charge in [-0.1, -0.05) is 74.9 Å². The normalized spacial score (nSPS) is 11.7. The van der Waals surface area contributed by atoms with Crippen molar-refractivity contribution in [1.29, 1.82) is 0 Å². The molecule has 1 amide bonds. The van der Waals surface area contributed by atoms with Crippen LogP contribution in [0.5, 0.6) is 0 Å². The average molecular weight is 321 g/mol. The summed E-state index contributed by atoms with van der Waals surface area (Å²) >= 11 is 0. The lowest BCUT2D eigenvalue weighted by molar-refractivity contribution is -0.125. The van der Waals surface area contributed by atoms with Crippen LogP contribution in [0.25, 0.3) is 6.08 Å². The standard InChI is InChI=1S/C22H27NO/c1-17-6-8-19(9-7-17)16-23(5)21(24)15-12-18-10-13-20(14-11-18)22(2,3)4/h6-15H,16H2,1-5H3/b15-12+. The highest BCUT2D eigenvalue weighted by molar-refractivity contribution is 5.91. The summed E-state index contributed by atoms with van der Waals surface area (Å²) in [5.74, 6) is 0.00970. The first kappa shape index (κ1) is 18.0. The summed E-state index contributed by atoms with van der Waals surface area (Å²) in [5.41, 5.74) is 4.85. The molecule has 0 aliphatic carbocycles. The molecule has 24 heavy (non-hydrogen) atoms. The molecule has 0 saturated carbocycles. The number of carbonyl (C=O) groups excluding carboxylic acids is 1. The third kappa shape index (κ3) is 5.09. The second-order valence-electron chi connectivity index (χ2n) is 7.39. The summed E-state index contributed by atoms with van der Waals surface area (Å²) in [7, 11) is 1.83. The fourth-order valence-corrected chi connectivity index (χ4v) is 2.43. The van der Waals surface area contributed by atoms with Crippen molar-refractivity contribution in [1.82, 2.24) is 4.90 Å². The maximum absolute atomic E-state index is 12.3. The van der Waals surface area contributed by atoms with E-state index in [1.54, 1.807) is 11.0 Å². The topological polar surface area (TPSA) is 20.3 Å². The molecule has 0 heterocycles. The second kappa shape index (κ2) is 7.48. The van der Waals surface area contributed by atoms with Crippen molar-refractivity contribution in [2.45, 2.75) is 39.7 Å². The van der Waals surface area contributed by atoms with E-state index in [1.165, 1.54) is 11.1 Å². The maximum atomic E-state index is 12.3. The predicted octanol–water partition coefficient (Wildman–Crippen LogP) is 4.96. The quantitative estimate of drug-likeness (QED) is 0.729. The Morgan fingerprint density at radius 2 is 1.58 bits per heavy atom. The van der Waals surface area contributed by atoms with Gasteiger partial charge in [0.1, 0.15) is 0 Å². The lowest BCUT2D eigenvalue weighted by atomic mass is 9.87. The summed E-state index contributed by atoms with van der Waals surface area (Å²) < 4.78 is 0. The molecule has 0 atom stereocenters. The van der Waals surface area contributed by atoms with Crippen LogP contribution in [0, 0.1) is 6.92 Å². The molecular formula is C22H27NO. The van der Waals surface area contributed by atoms with E-state index in [2.05, 4.69) is 76.2 Å². The Morgan fingerprint density at radius 1 is 1.00 bits per heavy atom. The molecule has 0 bridgehead atoms. The Kier molecular flexibility index (Phi) is 5.61. The SMILES string of the molecule is Cc1ccc(CN(C)C(=O)/C=C/c2ccc(C(C)(C)C)cc2)cc1. The molecule has 2 nitrogen and oxygen atoms in total. The molecule has 0 fully saturated rings. The van der Waals surface area contributed by atoms with Crippen molar-refractivity contribution in [3.05, 3.63) is 76.9 Å². The molecule has 2 heteroatoms. The number of carbonyl (C=O) groups is 1. The zero-order chi connectivity index (χ0) is 17.7. The monoisotopic (exact) mass is 321 g/mol. The van der Waals surface area contributed by atoms with Crippen LogP contribution in [0.2, 0.25) is 0 Å². The van der Waals surface area contributed by atoms with Crippen molar-refractivity contribution in [2.75, 3.05) is 7.05 Å². The Bertz CT molecular complexity index is 703. The zero-order valence-electron chi connectivity index (χ0n) is 15.3. The molecule has 2 rings (SSSR count). The van der Waals surface area contributed by atoms with Gasteiger partial charge in [0.2, 0.25) is 5.91 Å². The van der Waals surface area contributed by atoms with Gasteiger partial charge in [0, 0.05) is 19.7 Å². The average Bonchev–Trinajstić information content (AvgIpc) is 2.54. The second-order valence-corrected chi connectivity index (χ2v) is 7.39. The summed E-state index contributed by atoms with van der Waals surface area (Å²) in [6, 6.07) is 16.6. The van der Waals surface area contributed by atoms with Crippen molar-refractivity contribution < 1.29 is 4.79 Å². The Morgan fingerprint density at radius 3 is 2.12 bits per heavy atom. The molecule has 0 radical (unpaired) electrons. The number of likely N-dealkylation sites (N-methyl/N-ethyl adjacent to an activating group) is 1. The van der Waals surface area contributed by atoms with Crippen LogP contribution in [-0.4, -0.2) is 17.9 Å². The van der Waals surface area contributed by atoms with Crippen LogP contribution in [-0.2, 0) is 16.8 Å². The van der Waals surface area contributed by atoms with Gasteiger partial charge in [-0.15, -0.1) is 0 Å². The van der Waals surface area contributed by atoms with Gasteiger partial charge in [0.05, 0.1) is 0 Å². The van der Waals surface area contributed by atoms with E-state index in [9.17, 15) is 4.79 Å². The molecule has 0 unspecified atom stereocenters. The third-order valence-corrected chi connectivity index (χ3v) is 4.11. The fraction of sp³-hybridized carbons (Fsp3) is 0.318. The summed E-state index contributed by atoms with van der Waals surface area (Å²) in [6.45, 7) is 9.27. The van der Waals surface area contributed by atoms with Crippen LogP contribution >= 0.6 is 0 Å². The predicted molar refractivity (Wildman–Crippen MR) is 102 cm³/mol. The zero-order valence-corrected chi connectivity index (χ0v) is 15.3. The largest absolute Gasteiger partial charge is 0.338 e. The molecular weight excluding hydrogens is 294 g/mol. The Balaban J connectivity index is 1.97. The van der Waals surface area contributed by atoms with Crippen LogP contribution in [0.3, 0.4) is 0 Å². The maximum Gasteiger partial charge on any atom is 0.246 e. The number of hydrogen-bond donors (Lipinski definition) is 0. The molecule has 0 N–H and O–H groups in total.